The molecular weight excluding hydrogens is 727 g/mol. The Bertz CT molecular complexity index is 1220. The van der Waals surface area contributed by atoms with Crippen LogP contribution in [0.3, 0.4) is 0 Å². The van der Waals surface area contributed by atoms with Crippen LogP contribution in [0.1, 0.15) is 162 Å². The number of carboxylic acids is 1. The normalized spacial score (nSPS) is 13.7. The number of ether oxygens (including phenoxy) is 3. The molecule has 330 valence electrons. The predicted octanol–water partition coefficient (Wildman–Crippen LogP) is 12.5. The van der Waals surface area contributed by atoms with Crippen molar-refractivity contribution < 1.29 is 38.2 Å². The topological polar surface area (TPSA) is 99.1 Å². The molecule has 0 saturated heterocycles. The molecule has 0 radical (unpaired) electrons. The Labute approximate surface area is 354 Å². The summed E-state index contributed by atoms with van der Waals surface area (Å²) in [6.45, 7) is 4.46. The van der Waals surface area contributed by atoms with Crippen molar-refractivity contribution in [3.8, 4) is 0 Å². The van der Waals surface area contributed by atoms with Gasteiger partial charge in [-0.15, -0.1) is 0 Å². The van der Waals surface area contributed by atoms with Crippen molar-refractivity contribution in [1.29, 1.82) is 0 Å². The number of carboxylic acid groups (broad SMARTS) is 1. The third kappa shape index (κ3) is 38.1. The van der Waals surface area contributed by atoms with Crippen molar-refractivity contribution >= 4 is 17.9 Å². The predicted molar refractivity (Wildman–Crippen MR) is 243 cm³/mol. The fourth-order valence-corrected chi connectivity index (χ4v) is 6.10. The first-order chi connectivity index (χ1) is 28.1. The number of allylic oxidation sites excluding steroid dienone is 14. The van der Waals surface area contributed by atoms with E-state index in [0.29, 0.717) is 19.3 Å². The zero-order valence-electron chi connectivity index (χ0n) is 37.5. The molecule has 0 fully saturated rings. The van der Waals surface area contributed by atoms with E-state index in [1.807, 2.05) is 21.1 Å². The molecule has 0 aliphatic heterocycles. The molecule has 8 nitrogen and oxygen atoms in total. The van der Waals surface area contributed by atoms with E-state index in [0.717, 1.165) is 109 Å². The van der Waals surface area contributed by atoms with Crippen LogP contribution in [0.2, 0.25) is 0 Å². The number of rotatable bonds is 39. The minimum atomic E-state index is -0.884. The lowest BCUT2D eigenvalue weighted by Gasteiger charge is -2.31. The Hall–Kier alpha value is -3.49. The molecule has 0 rings (SSSR count). The van der Waals surface area contributed by atoms with Gasteiger partial charge in [-0.1, -0.05) is 144 Å². The van der Waals surface area contributed by atoms with Gasteiger partial charge in [-0.25, -0.2) is 4.79 Å². The first-order valence-corrected chi connectivity index (χ1v) is 22.6. The number of unbranched alkanes of at least 4 members (excludes halogenated alkanes) is 11. The van der Waals surface area contributed by atoms with Gasteiger partial charge in [0.05, 0.1) is 34.4 Å². The maximum atomic E-state index is 12.7. The van der Waals surface area contributed by atoms with E-state index in [2.05, 4.69) is 98.9 Å². The second-order valence-electron chi connectivity index (χ2n) is 15.9. The average Bonchev–Trinajstić information content (AvgIpc) is 3.18. The molecule has 8 heteroatoms. The maximum Gasteiger partial charge on any atom is 0.362 e. The molecule has 0 spiro atoms. The number of quaternary nitrogens is 1. The second-order valence-corrected chi connectivity index (χ2v) is 15.9. The largest absolute Gasteiger partial charge is 0.477 e. The van der Waals surface area contributed by atoms with Crippen LogP contribution in [0.5, 0.6) is 0 Å². The lowest BCUT2D eigenvalue weighted by Crippen LogP contribution is -2.50. The van der Waals surface area contributed by atoms with Crippen LogP contribution in [0.15, 0.2) is 85.1 Å². The minimum Gasteiger partial charge on any atom is -0.477 e. The molecule has 0 aliphatic rings. The summed E-state index contributed by atoms with van der Waals surface area (Å²) in [6, 6.07) is -0.625. The first kappa shape index (κ1) is 54.5. The van der Waals surface area contributed by atoms with Crippen molar-refractivity contribution in [3.05, 3.63) is 85.1 Å². The van der Waals surface area contributed by atoms with E-state index < -0.39 is 18.1 Å². The van der Waals surface area contributed by atoms with Crippen LogP contribution in [0.4, 0.5) is 0 Å². The van der Waals surface area contributed by atoms with Crippen LogP contribution in [-0.4, -0.2) is 80.6 Å². The summed E-state index contributed by atoms with van der Waals surface area (Å²) in [5.41, 5.74) is 0. The van der Waals surface area contributed by atoms with Crippen molar-refractivity contribution in [2.45, 2.75) is 174 Å². The number of hydrogen-bond donors (Lipinski definition) is 1. The van der Waals surface area contributed by atoms with Crippen molar-refractivity contribution in [1.82, 2.24) is 0 Å². The molecule has 0 bridgehead atoms. The highest BCUT2D eigenvalue weighted by atomic mass is 16.6. The molecule has 0 aromatic rings. The molecule has 2 unspecified atom stereocenters. The molecule has 0 aromatic carbocycles. The molecule has 2 atom stereocenters. The monoisotopic (exact) mass is 811 g/mol. The Morgan fingerprint density at radius 1 is 0.517 bits per heavy atom. The van der Waals surface area contributed by atoms with Crippen molar-refractivity contribution in [3.63, 3.8) is 0 Å². The van der Waals surface area contributed by atoms with E-state index >= 15 is 0 Å². The summed E-state index contributed by atoms with van der Waals surface area (Å²) in [4.78, 5) is 37.0. The van der Waals surface area contributed by atoms with Crippen LogP contribution in [0.25, 0.3) is 0 Å². The van der Waals surface area contributed by atoms with Gasteiger partial charge in [-0.3, -0.25) is 9.59 Å². The smallest absolute Gasteiger partial charge is 0.362 e. The van der Waals surface area contributed by atoms with Gasteiger partial charge >= 0.3 is 17.9 Å². The van der Waals surface area contributed by atoms with Crippen molar-refractivity contribution in [2.24, 2.45) is 0 Å². The van der Waals surface area contributed by atoms with Crippen LogP contribution in [0, 0.1) is 0 Å². The number of hydrogen-bond acceptors (Lipinski definition) is 6. The number of nitrogens with zero attached hydrogens (tertiary/aromatic N) is 1. The molecule has 0 saturated carbocycles. The Morgan fingerprint density at radius 2 is 0.914 bits per heavy atom. The third-order valence-electron chi connectivity index (χ3n) is 9.54. The highest BCUT2D eigenvalue weighted by Crippen LogP contribution is 2.13. The number of esters is 2. The summed E-state index contributed by atoms with van der Waals surface area (Å²) in [5.74, 6) is -1.52. The lowest BCUT2D eigenvalue weighted by molar-refractivity contribution is -0.887. The average molecular weight is 811 g/mol. The fraction of sp³-hybridized carbons (Fsp3) is 0.660. The Kier molecular flexibility index (Phi) is 37.9. The Balaban J connectivity index is 4.38. The Morgan fingerprint density at radius 3 is 1.34 bits per heavy atom. The molecule has 58 heavy (non-hydrogen) atoms. The highest BCUT2D eigenvalue weighted by Gasteiger charge is 2.31. The zero-order valence-corrected chi connectivity index (χ0v) is 37.5. The zero-order chi connectivity index (χ0) is 42.8. The van der Waals surface area contributed by atoms with Gasteiger partial charge in [0.15, 0.2) is 12.1 Å². The highest BCUT2D eigenvalue weighted by molar-refractivity contribution is 5.72. The van der Waals surface area contributed by atoms with Crippen LogP contribution < -0.4 is 0 Å². The molecule has 0 heterocycles. The minimum absolute atomic E-state index is 0.0443. The molecule has 0 aromatic heterocycles. The third-order valence-corrected chi connectivity index (χ3v) is 9.54. The standard InChI is InChI=1S/C50H83NO7/c1-6-8-10-12-14-16-18-20-22-23-24-25-26-27-29-31-33-35-37-39-41-49(53)58-46(44-56-43-42-47(50(54)55)51(3,4)5)45-57-48(52)40-38-36-34-32-30-28-21-19-17-15-13-11-9-7-2/h8-11,14-17,20-22,24-25,28,46-47H,6-7,12-13,18-19,23,26-27,29-45H2,1-5H3/p+1/b10-8+,11-9+,16-14+,17-15+,22-20+,25-24+,28-21+. The molecule has 1 N–H and O–H groups in total. The number of aliphatic carboxylic acids is 1. The van der Waals surface area contributed by atoms with Crippen LogP contribution >= 0.6 is 0 Å². The van der Waals surface area contributed by atoms with Crippen molar-refractivity contribution in [2.75, 3.05) is 41.0 Å². The summed E-state index contributed by atoms with van der Waals surface area (Å²) < 4.78 is 17.3. The second kappa shape index (κ2) is 40.3. The van der Waals surface area contributed by atoms with E-state index in [-0.39, 0.29) is 36.2 Å². The number of likely N-dealkylation sites (N-methyl/N-ethyl adjacent to an activating group) is 1. The first-order valence-electron chi connectivity index (χ1n) is 22.6. The SMILES string of the molecule is CC/C=C/C/C=C/C/C=C/C/C=C/CCCCCCCCCC(=O)OC(COCCC(C(=O)O)[N+](C)(C)C)COC(=O)CCCCCC/C=C/C/C=C/C/C=C/CC. The summed E-state index contributed by atoms with van der Waals surface area (Å²) in [5, 5.41) is 9.63. The molecule has 0 aliphatic carbocycles. The van der Waals surface area contributed by atoms with E-state index in [1.54, 1.807) is 0 Å². The summed E-state index contributed by atoms with van der Waals surface area (Å²) in [6.07, 6.45) is 52.0. The lowest BCUT2D eigenvalue weighted by atomic mass is 10.1. The van der Waals surface area contributed by atoms with Gasteiger partial charge in [-0.2, -0.15) is 0 Å². The maximum absolute atomic E-state index is 12.7. The van der Waals surface area contributed by atoms with Gasteiger partial charge < -0.3 is 23.8 Å². The number of carbonyl (C=O) groups excluding carboxylic acids is 2. The van der Waals surface area contributed by atoms with Crippen LogP contribution in [-0.2, 0) is 28.6 Å². The van der Waals surface area contributed by atoms with Gasteiger partial charge in [0, 0.05) is 19.3 Å². The summed E-state index contributed by atoms with van der Waals surface area (Å²) in [7, 11) is 5.51. The quantitative estimate of drug-likeness (QED) is 0.0286. The van der Waals surface area contributed by atoms with Gasteiger partial charge in [0.25, 0.3) is 0 Å². The van der Waals surface area contributed by atoms with Gasteiger partial charge in [0.1, 0.15) is 6.61 Å². The van der Waals surface area contributed by atoms with E-state index in [4.69, 9.17) is 14.2 Å². The van der Waals surface area contributed by atoms with E-state index in [9.17, 15) is 19.5 Å². The summed E-state index contributed by atoms with van der Waals surface area (Å²) >= 11 is 0. The fourth-order valence-electron chi connectivity index (χ4n) is 6.10. The van der Waals surface area contributed by atoms with Gasteiger partial charge in [-0.05, 0) is 83.5 Å². The molecular formula is C50H84NO7+. The van der Waals surface area contributed by atoms with Gasteiger partial charge in [0.2, 0.25) is 0 Å². The number of carbonyl (C=O) groups is 3. The van der Waals surface area contributed by atoms with E-state index in [1.165, 1.54) is 19.3 Å². The molecule has 0 amide bonds.